The lowest BCUT2D eigenvalue weighted by atomic mass is 9.87. The Balaban J connectivity index is 1.54. The number of aryl methyl sites for hydroxylation is 1. The molecule has 2 aliphatic rings. The van der Waals surface area contributed by atoms with Crippen LogP contribution in [0, 0.1) is 0 Å². The predicted octanol–water partition coefficient (Wildman–Crippen LogP) is 4.25. The first-order chi connectivity index (χ1) is 13.0. The number of carbonyl (C=O) groups excluding carboxylic acids is 2. The van der Waals surface area contributed by atoms with Gasteiger partial charge >= 0.3 is 0 Å². The molecule has 4 nitrogen and oxygen atoms in total. The van der Waals surface area contributed by atoms with Crippen LogP contribution >= 0.6 is 15.9 Å². The normalized spacial score (nSPS) is 24.6. The Morgan fingerprint density at radius 3 is 2.85 bits per heavy atom. The van der Waals surface area contributed by atoms with Crippen LogP contribution < -0.4 is 5.32 Å². The molecule has 1 heterocycles. The molecule has 27 heavy (non-hydrogen) atoms. The summed E-state index contributed by atoms with van der Waals surface area (Å²) in [5.74, 6) is -0.189. The van der Waals surface area contributed by atoms with Crippen LogP contribution in [-0.2, 0) is 11.2 Å². The number of rotatable bonds is 3. The van der Waals surface area contributed by atoms with E-state index in [4.69, 9.17) is 0 Å². The van der Waals surface area contributed by atoms with Crippen molar-refractivity contribution in [3.8, 4) is 0 Å². The van der Waals surface area contributed by atoms with Gasteiger partial charge in [-0.25, -0.2) is 0 Å². The molecule has 1 saturated heterocycles. The molecule has 2 amide bonds. The van der Waals surface area contributed by atoms with Crippen LogP contribution in [0.25, 0.3) is 0 Å². The molecular weight excluding hydrogens is 404 g/mol. The highest BCUT2D eigenvalue weighted by Gasteiger charge is 2.47. The van der Waals surface area contributed by atoms with Gasteiger partial charge in [0.2, 0.25) is 5.91 Å². The first kappa shape index (κ1) is 18.2. The molecule has 1 aliphatic heterocycles. The number of hydrogen-bond acceptors (Lipinski definition) is 2. The second-order valence-electron chi connectivity index (χ2n) is 7.65. The maximum atomic E-state index is 13.3. The van der Waals surface area contributed by atoms with Crippen molar-refractivity contribution in [2.75, 3.05) is 6.54 Å². The number of halogens is 1. The van der Waals surface area contributed by atoms with Gasteiger partial charge in [-0.1, -0.05) is 46.3 Å². The van der Waals surface area contributed by atoms with Gasteiger partial charge in [0.1, 0.15) is 5.54 Å². The molecule has 0 bridgehead atoms. The van der Waals surface area contributed by atoms with Gasteiger partial charge in [-0.05, 0) is 61.9 Å². The van der Waals surface area contributed by atoms with Gasteiger partial charge in [0.05, 0.1) is 6.04 Å². The van der Waals surface area contributed by atoms with Gasteiger partial charge in [-0.3, -0.25) is 9.59 Å². The molecule has 0 spiro atoms. The Morgan fingerprint density at radius 2 is 2.04 bits per heavy atom. The van der Waals surface area contributed by atoms with Crippen molar-refractivity contribution in [2.45, 2.75) is 44.2 Å². The number of likely N-dealkylation sites (tertiary alicyclic amines) is 1. The molecule has 0 aromatic heterocycles. The van der Waals surface area contributed by atoms with Gasteiger partial charge in [0.15, 0.2) is 0 Å². The number of hydrogen-bond donors (Lipinski definition) is 1. The van der Waals surface area contributed by atoms with Crippen LogP contribution in [0.5, 0.6) is 0 Å². The number of nitrogens with one attached hydrogen (secondary N) is 1. The van der Waals surface area contributed by atoms with Crippen molar-refractivity contribution in [1.82, 2.24) is 10.2 Å². The van der Waals surface area contributed by atoms with E-state index < -0.39 is 5.54 Å². The summed E-state index contributed by atoms with van der Waals surface area (Å²) >= 11 is 3.39. The maximum Gasteiger partial charge on any atom is 0.252 e. The summed E-state index contributed by atoms with van der Waals surface area (Å²) in [6, 6.07) is 15.8. The number of amides is 2. The van der Waals surface area contributed by atoms with E-state index in [2.05, 4.69) is 39.4 Å². The molecule has 4 rings (SSSR count). The fourth-order valence-electron chi connectivity index (χ4n) is 4.29. The lowest BCUT2D eigenvalue weighted by Crippen LogP contribution is -2.52. The lowest BCUT2D eigenvalue weighted by molar-refractivity contribution is -0.134. The van der Waals surface area contributed by atoms with E-state index in [1.807, 2.05) is 30.0 Å². The number of carbonyl (C=O) groups is 2. The third kappa shape index (κ3) is 3.41. The van der Waals surface area contributed by atoms with Crippen LogP contribution in [-0.4, -0.2) is 28.8 Å². The smallest absolute Gasteiger partial charge is 0.252 e. The largest absolute Gasteiger partial charge is 0.338 e. The first-order valence-corrected chi connectivity index (χ1v) is 10.2. The third-order valence-corrected chi connectivity index (χ3v) is 6.27. The Morgan fingerprint density at radius 1 is 1.22 bits per heavy atom. The van der Waals surface area contributed by atoms with Crippen LogP contribution in [0.4, 0.5) is 0 Å². The van der Waals surface area contributed by atoms with Crippen molar-refractivity contribution in [1.29, 1.82) is 0 Å². The molecule has 0 saturated carbocycles. The van der Waals surface area contributed by atoms with Crippen LogP contribution in [0.1, 0.15) is 53.7 Å². The highest BCUT2D eigenvalue weighted by molar-refractivity contribution is 9.10. The highest BCUT2D eigenvalue weighted by atomic mass is 79.9. The second kappa shape index (κ2) is 7.12. The SMILES string of the molecule is CC1(NC(=O)c2cccc(Br)c2)CCN(C2CCCc3ccccc32)C1=O. The number of nitrogens with zero attached hydrogens (tertiary/aromatic N) is 1. The van der Waals surface area contributed by atoms with Crippen molar-refractivity contribution in [3.63, 3.8) is 0 Å². The highest BCUT2D eigenvalue weighted by Crippen LogP contribution is 2.38. The van der Waals surface area contributed by atoms with Crippen LogP contribution in [0.2, 0.25) is 0 Å². The van der Waals surface area contributed by atoms with Gasteiger partial charge in [0.25, 0.3) is 5.91 Å². The summed E-state index contributed by atoms with van der Waals surface area (Å²) in [5, 5.41) is 2.99. The minimum absolute atomic E-state index is 0.0209. The summed E-state index contributed by atoms with van der Waals surface area (Å²) < 4.78 is 0.846. The standard InChI is InChI=1S/C22H23BrN2O2/c1-22(24-20(26)16-8-4-9-17(23)14-16)12-13-25(21(22)27)19-11-5-7-15-6-2-3-10-18(15)19/h2-4,6,8-10,14,19H,5,7,11-13H2,1H3,(H,24,26). The first-order valence-electron chi connectivity index (χ1n) is 9.45. The molecule has 1 fully saturated rings. The quantitative estimate of drug-likeness (QED) is 0.797. The summed E-state index contributed by atoms with van der Waals surface area (Å²) in [4.78, 5) is 27.9. The van der Waals surface area contributed by atoms with Crippen LogP contribution in [0.15, 0.2) is 53.0 Å². The van der Waals surface area contributed by atoms with E-state index in [1.54, 1.807) is 12.1 Å². The minimum atomic E-state index is -0.855. The second-order valence-corrected chi connectivity index (χ2v) is 8.57. The van der Waals surface area contributed by atoms with E-state index in [-0.39, 0.29) is 17.9 Å². The fourth-order valence-corrected chi connectivity index (χ4v) is 4.69. The van der Waals surface area contributed by atoms with Crippen molar-refractivity contribution < 1.29 is 9.59 Å². The fraction of sp³-hybridized carbons (Fsp3) is 0.364. The van der Waals surface area contributed by atoms with E-state index in [0.717, 1.165) is 23.7 Å². The van der Waals surface area contributed by atoms with Crippen LogP contribution in [0.3, 0.4) is 0 Å². The van der Waals surface area contributed by atoms with Crippen molar-refractivity contribution in [3.05, 3.63) is 69.7 Å². The van der Waals surface area contributed by atoms with E-state index in [0.29, 0.717) is 18.5 Å². The Labute approximate surface area is 168 Å². The molecule has 0 radical (unpaired) electrons. The van der Waals surface area contributed by atoms with E-state index in [1.165, 1.54) is 11.1 Å². The van der Waals surface area contributed by atoms with Gasteiger partial charge in [-0.15, -0.1) is 0 Å². The topological polar surface area (TPSA) is 49.4 Å². The summed E-state index contributed by atoms with van der Waals surface area (Å²) in [5.41, 5.74) is 2.30. The monoisotopic (exact) mass is 426 g/mol. The Bertz CT molecular complexity index is 897. The number of benzene rings is 2. The maximum absolute atomic E-state index is 13.3. The molecule has 2 aromatic carbocycles. The summed E-state index contributed by atoms with van der Waals surface area (Å²) in [6.07, 6.45) is 3.78. The number of fused-ring (bicyclic) bond motifs is 1. The molecule has 2 atom stereocenters. The molecule has 1 aliphatic carbocycles. The molecule has 140 valence electrons. The zero-order valence-electron chi connectivity index (χ0n) is 15.4. The van der Waals surface area contributed by atoms with Gasteiger partial charge in [-0.2, -0.15) is 0 Å². The lowest BCUT2D eigenvalue weighted by Gasteiger charge is -2.34. The molecule has 2 aromatic rings. The zero-order valence-corrected chi connectivity index (χ0v) is 17.0. The van der Waals surface area contributed by atoms with Crippen molar-refractivity contribution >= 4 is 27.7 Å². The van der Waals surface area contributed by atoms with E-state index in [9.17, 15) is 9.59 Å². The minimum Gasteiger partial charge on any atom is -0.338 e. The summed E-state index contributed by atoms with van der Waals surface area (Å²) in [7, 11) is 0. The average Bonchev–Trinajstić information content (AvgIpc) is 2.96. The Kier molecular flexibility index (Phi) is 4.81. The van der Waals surface area contributed by atoms with Gasteiger partial charge < -0.3 is 10.2 Å². The predicted molar refractivity (Wildman–Crippen MR) is 108 cm³/mol. The molecule has 5 heteroatoms. The molecule has 2 unspecified atom stereocenters. The Hall–Kier alpha value is -2.14. The zero-order chi connectivity index (χ0) is 19.0. The summed E-state index contributed by atoms with van der Waals surface area (Å²) in [6.45, 7) is 2.52. The molecule has 1 N–H and O–H groups in total. The van der Waals surface area contributed by atoms with Gasteiger partial charge in [0, 0.05) is 16.6 Å². The third-order valence-electron chi connectivity index (χ3n) is 5.78. The van der Waals surface area contributed by atoms with Crippen molar-refractivity contribution in [2.24, 2.45) is 0 Å². The van der Waals surface area contributed by atoms with E-state index >= 15 is 0 Å². The molecular formula is C22H23BrN2O2. The average molecular weight is 427 g/mol.